The number of carbonyl (C=O) groups excluding carboxylic acids is 1. The highest BCUT2D eigenvalue weighted by atomic mass is 16.5. The van der Waals surface area contributed by atoms with Crippen LogP contribution < -0.4 is 20.0 Å². The molecule has 1 saturated heterocycles. The number of benzene rings is 1. The van der Waals surface area contributed by atoms with Crippen molar-refractivity contribution in [3.63, 3.8) is 0 Å². The molecule has 3 aromatic rings. The summed E-state index contributed by atoms with van der Waals surface area (Å²) in [4.78, 5) is 37.9. The fraction of sp³-hybridized carbons (Fsp3) is 0.364. The van der Waals surface area contributed by atoms with Gasteiger partial charge in [0.15, 0.2) is 11.5 Å². The zero-order valence-electron chi connectivity index (χ0n) is 17.8. The molecular formula is C22H24N4O5. The van der Waals surface area contributed by atoms with E-state index in [1.54, 1.807) is 42.6 Å². The Labute approximate surface area is 179 Å². The molecule has 9 heteroatoms. The standard InChI is InChI=1S/C22H24N4O5/c1-14-15-11-18(29-2)19(30-3)13-17(15)31-21(28)16(14)12-20(27)25-7-9-26(10-8-25)22-23-5-4-6-24-22/h4-6,11,13H,7-10,12H2,1-3H3. The Morgan fingerprint density at radius 1 is 1.06 bits per heavy atom. The first-order chi connectivity index (χ1) is 15.0. The normalized spacial score (nSPS) is 14.0. The third kappa shape index (κ3) is 4.03. The Kier molecular flexibility index (Phi) is 5.75. The highest BCUT2D eigenvalue weighted by molar-refractivity contribution is 5.87. The molecule has 0 atom stereocenters. The molecule has 0 radical (unpaired) electrons. The van der Waals surface area contributed by atoms with Gasteiger partial charge in [0, 0.05) is 50.0 Å². The van der Waals surface area contributed by atoms with Crippen molar-refractivity contribution in [1.82, 2.24) is 14.9 Å². The summed E-state index contributed by atoms with van der Waals surface area (Å²) in [5, 5.41) is 0.714. The van der Waals surface area contributed by atoms with Gasteiger partial charge < -0.3 is 23.7 Å². The molecule has 162 valence electrons. The predicted octanol–water partition coefficient (Wildman–Crippen LogP) is 1.80. The summed E-state index contributed by atoms with van der Waals surface area (Å²) in [6.07, 6.45) is 3.39. The van der Waals surface area contributed by atoms with E-state index in [1.165, 1.54) is 7.11 Å². The number of hydrogen-bond donors (Lipinski definition) is 0. The second-order valence-corrected chi connectivity index (χ2v) is 7.29. The molecule has 1 aromatic carbocycles. The maximum Gasteiger partial charge on any atom is 0.340 e. The van der Waals surface area contributed by atoms with E-state index in [0.29, 0.717) is 65.7 Å². The minimum absolute atomic E-state index is 0.0136. The smallest absolute Gasteiger partial charge is 0.340 e. The Morgan fingerprint density at radius 3 is 2.35 bits per heavy atom. The molecule has 3 heterocycles. The van der Waals surface area contributed by atoms with Gasteiger partial charge in [0.1, 0.15) is 5.58 Å². The summed E-state index contributed by atoms with van der Waals surface area (Å²) in [6.45, 7) is 4.18. The number of nitrogens with zero attached hydrogens (tertiary/aromatic N) is 4. The summed E-state index contributed by atoms with van der Waals surface area (Å²) in [5.41, 5.74) is 0.949. The minimum Gasteiger partial charge on any atom is -0.493 e. The molecule has 0 spiro atoms. The average Bonchev–Trinajstić information content (AvgIpc) is 2.81. The van der Waals surface area contributed by atoms with E-state index in [2.05, 4.69) is 9.97 Å². The third-order valence-corrected chi connectivity index (χ3v) is 5.59. The molecule has 1 amide bonds. The lowest BCUT2D eigenvalue weighted by Crippen LogP contribution is -2.49. The first kappa shape index (κ1) is 20.6. The summed E-state index contributed by atoms with van der Waals surface area (Å²) >= 11 is 0. The number of aryl methyl sites for hydroxylation is 1. The molecule has 31 heavy (non-hydrogen) atoms. The van der Waals surface area contributed by atoms with E-state index in [-0.39, 0.29) is 12.3 Å². The van der Waals surface area contributed by atoms with Gasteiger partial charge in [-0.15, -0.1) is 0 Å². The Morgan fingerprint density at radius 2 is 1.71 bits per heavy atom. The second kappa shape index (κ2) is 8.63. The number of fused-ring (bicyclic) bond motifs is 1. The van der Waals surface area contributed by atoms with Crippen LogP contribution >= 0.6 is 0 Å². The molecule has 0 N–H and O–H groups in total. The molecule has 1 fully saturated rings. The van der Waals surface area contributed by atoms with Gasteiger partial charge in [-0.05, 0) is 24.6 Å². The van der Waals surface area contributed by atoms with Crippen LogP contribution in [0.4, 0.5) is 5.95 Å². The van der Waals surface area contributed by atoms with Crippen LogP contribution in [-0.2, 0) is 11.2 Å². The Bertz CT molecular complexity index is 1150. The van der Waals surface area contributed by atoms with Crippen molar-refractivity contribution in [1.29, 1.82) is 0 Å². The van der Waals surface area contributed by atoms with Crippen molar-refractivity contribution in [2.24, 2.45) is 0 Å². The van der Waals surface area contributed by atoms with Crippen molar-refractivity contribution in [3.8, 4) is 11.5 Å². The van der Waals surface area contributed by atoms with Crippen LogP contribution in [0, 0.1) is 6.92 Å². The van der Waals surface area contributed by atoms with Gasteiger partial charge in [0.2, 0.25) is 11.9 Å². The predicted molar refractivity (Wildman–Crippen MR) is 115 cm³/mol. The van der Waals surface area contributed by atoms with Crippen LogP contribution in [0.2, 0.25) is 0 Å². The molecule has 1 aliphatic rings. The van der Waals surface area contributed by atoms with E-state index in [0.717, 1.165) is 0 Å². The highest BCUT2D eigenvalue weighted by Crippen LogP contribution is 2.33. The average molecular weight is 424 g/mol. The SMILES string of the molecule is COc1cc2oc(=O)c(CC(=O)N3CCN(c4ncccn4)CC3)c(C)c2cc1OC. The molecule has 1 aliphatic heterocycles. The van der Waals surface area contributed by atoms with Crippen molar-refractivity contribution in [3.05, 3.63) is 52.1 Å². The summed E-state index contributed by atoms with van der Waals surface area (Å²) in [5.74, 6) is 1.55. The fourth-order valence-corrected chi connectivity index (χ4v) is 3.79. The first-order valence-electron chi connectivity index (χ1n) is 10.00. The van der Waals surface area contributed by atoms with Gasteiger partial charge in [-0.25, -0.2) is 14.8 Å². The largest absolute Gasteiger partial charge is 0.493 e. The van der Waals surface area contributed by atoms with Crippen LogP contribution in [0.1, 0.15) is 11.1 Å². The minimum atomic E-state index is -0.512. The first-order valence-corrected chi connectivity index (χ1v) is 10.00. The van der Waals surface area contributed by atoms with Gasteiger partial charge in [0.25, 0.3) is 0 Å². The lowest BCUT2D eigenvalue weighted by atomic mass is 10.0. The Hall–Kier alpha value is -3.62. The van der Waals surface area contributed by atoms with Crippen LogP contribution in [0.25, 0.3) is 11.0 Å². The van der Waals surface area contributed by atoms with Crippen molar-refractivity contribution < 1.29 is 18.7 Å². The monoisotopic (exact) mass is 424 g/mol. The lowest BCUT2D eigenvalue weighted by Gasteiger charge is -2.34. The number of methoxy groups -OCH3 is 2. The molecule has 0 bridgehead atoms. The zero-order chi connectivity index (χ0) is 22.0. The highest BCUT2D eigenvalue weighted by Gasteiger charge is 2.25. The number of ether oxygens (including phenoxy) is 2. The number of amides is 1. The van der Waals surface area contributed by atoms with Gasteiger partial charge in [-0.2, -0.15) is 0 Å². The molecule has 0 unspecified atom stereocenters. The number of anilines is 1. The summed E-state index contributed by atoms with van der Waals surface area (Å²) < 4.78 is 16.1. The molecule has 4 rings (SSSR count). The van der Waals surface area contributed by atoms with Gasteiger partial charge >= 0.3 is 5.63 Å². The molecule has 9 nitrogen and oxygen atoms in total. The van der Waals surface area contributed by atoms with E-state index < -0.39 is 5.63 Å². The van der Waals surface area contributed by atoms with Crippen LogP contribution in [0.5, 0.6) is 11.5 Å². The van der Waals surface area contributed by atoms with Crippen LogP contribution in [0.15, 0.2) is 39.8 Å². The topological polar surface area (TPSA) is 98.0 Å². The van der Waals surface area contributed by atoms with E-state index in [4.69, 9.17) is 13.9 Å². The Balaban J connectivity index is 1.53. The molecule has 2 aromatic heterocycles. The number of hydrogen-bond acceptors (Lipinski definition) is 8. The second-order valence-electron chi connectivity index (χ2n) is 7.29. The van der Waals surface area contributed by atoms with Gasteiger partial charge in [-0.3, -0.25) is 4.79 Å². The zero-order valence-corrected chi connectivity index (χ0v) is 17.8. The van der Waals surface area contributed by atoms with E-state index in [1.807, 2.05) is 11.8 Å². The fourth-order valence-electron chi connectivity index (χ4n) is 3.79. The number of piperazine rings is 1. The maximum absolute atomic E-state index is 12.9. The number of aromatic nitrogens is 2. The van der Waals surface area contributed by atoms with Crippen molar-refractivity contribution in [2.45, 2.75) is 13.3 Å². The summed E-state index contributed by atoms with van der Waals surface area (Å²) in [6, 6.07) is 5.16. The molecule has 0 aliphatic carbocycles. The summed E-state index contributed by atoms with van der Waals surface area (Å²) in [7, 11) is 3.06. The number of rotatable bonds is 5. The van der Waals surface area contributed by atoms with Gasteiger partial charge in [0.05, 0.1) is 26.2 Å². The third-order valence-electron chi connectivity index (χ3n) is 5.59. The van der Waals surface area contributed by atoms with Crippen LogP contribution in [-0.4, -0.2) is 61.2 Å². The van der Waals surface area contributed by atoms with Crippen molar-refractivity contribution >= 4 is 22.8 Å². The quantitative estimate of drug-likeness (QED) is 0.572. The van der Waals surface area contributed by atoms with Gasteiger partial charge in [-0.1, -0.05) is 0 Å². The van der Waals surface area contributed by atoms with Crippen molar-refractivity contribution in [2.75, 3.05) is 45.3 Å². The van der Waals surface area contributed by atoms with E-state index >= 15 is 0 Å². The van der Waals surface area contributed by atoms with E-state index in [9.17, 15) is 9.59 Å². The maximum atomic E-state index is 12.9. The molecule has 0 saturated carbocycles. The van der Waals surface area contributed by atoms with Crippen LogP contribution in [0.3, 0.4) is 0 Å². The molecular weight excluding hydrogens is 400 g/mol. The number of carbonyl (C=O) groups is 1. The lowest BCUT2D eigenvalue weighted by molar-refractivity contribution is -0.130.